The molecule has 0 aromatic heterocycles. The van der Waals surface area contributed by atoms with E-state index in [0.717, 1.165) is 5.56 Å². The first kappa shape index (κ1) is 17.4. The first-order valence-electron chi connectivity index (χ1n) is 8.22. The van der Waals surface area contributed by atoms with Gasteiger partial charge in [0.15, 0.2) is 12.4 Å². The molecule has 0 atom stereocenters. The van der Waals surface area contributed by atoms with Crippen LogP contribution in [0.5, 0.6) is 11.5 Å². The van der Waals surface area contributed by atoms with E-state index < -0.39 is 5.97 Å². The summed E-state index contributed by atoms with van der Waals surface area (Å²) < 4.78 is 10.6. The molecule has 0 saturated carbocycles. The van der Waals surface area contributed by atoms with E-state index in [4.69, 9.17) is 9.47 Å². The predicted molar refractivity (Wildman–Crippen MR) is 98.6 cm³/mol. The fraction of sp³-hybridized carbons (Fsp3) is 0.0909. The highest BCUT2D eigenvalue weighted by molar-refractivity contribution is 6.08. The van der Waals surface area contributed by atoms with Gasteiger partial charge in [0.2, 0.25) is 0 Å². The summed E-state index contributed by atoms with van der Waals surface area (Å²) in [6, 6.07) is 22.9. The van der Waals surface area contributed by atoms with Crippen LogP contribution in [0.2, 0.25) is 0 Å². The van der Waals surface area contributed by atoms with E-state index in [2.05, 4.69) is 0 Å². The van der Waals surface area contributed by atoms with Crippen molar-refractivity contribution >= 4 is 11.8 Å². The topological polar surface area (TPSA) is 52.6 Å². The Hall–Kier alpha value is -3.40. The van der Waals surface area contributed by atoms with Crippen LogP contribution >= 0.6 is 0 Å². The second kappa shape index (κ2) is 8.12. The van der Waals surface area contributed by atoms with Gasteiger partial charge in [0.25, 0.3) is 0 Å². The first-order valence-corrected chi connectivity index (χ1v) is 8.22. The van der Waals surface area contributed by atoms with E-state index in [1.54, 1.807) is 48.5 Å². The minimum atomic E-state index is -0.488. The molecule has 0 aliphatic rings. The molecule has 4 heteroatoms. The van der Waals surface area contributed by atoms with Crippen molar-refractivity contribution in [2.45, 2.75) is 6.92 Å². The summed E-state index contributed by atoms with van der Waals surface area (Å²) in [6.45, 7) is 1.75. The lowest BCUT2D eigenvalue weighted by Crippen LogP contribution is -2.17. The molecule has 130 valence electrons. The van der Waals surface area contributed by atoms with Gasteiger partial charge in [0.1, 0.15) is 11.5 Å². The second-order valence-corrected chi connectivity index (χ2v) is 5.80. The van der Waals surface area contributed by atoms with Gasteiger partial charge in [0, 0.05) is 11.1 Å². The van der Waals surface area contributed by atoms with Crippen LogP contribution in [-0.4, -0.2) is 18.4 Å². The van der Waals surface area contributed by atoms with Gasteiger partial charge < -0.3 is 9.47 Å². The lowest BCUT2D eigenvalue weighted by Gasteiger charge is -2.08. The molecule has 0 aliphatic heterocycles. The number of aryl methyl sites for hydroxylation is 1. The van der Waals surface area contributed by atoms with Crippen LogP contribution in [0, 0.1) is 6.92 Å². The molecular weight excluding hydrogens is 328 g/mol. The molecule has 0 aliphatic carbocycles. The Labute approximate surface area is 152 Å². The fourth-order valence-electron chi connectivity index (χ4n) is 2.37. The molecule has 0 saturated heterocycles. The molecular formula is C22H18O4. The van der Waals surface area contributed by atoms with Crippen molar-refractivity contribution < 1.29 is 19.1 Å². The van der Waals surface area contributed by atoms with Crippen LogP contribution in [0.1, 0.15) is 21.5 Å². The molecule has 0 amide bonds. The molecule has 0 fully saturated rings. The summed E-state index contributed by atoms with van der Waals surface area (Å²) in [5.41, 5.74) is 2.28. The lowest BCUT2D eigenvalue weighted by molar-refractivity contribution is -0.136. The summed E-state index contributed by atoms with van der Waals surface area (Å²) in [4.78, 5) is 24.2. The van der Waals surface area contributed by atoms with Gasteiger partial charge in [-0.3, -0.25) is 4.79 Å². The molecule has 0 heterocycles. The highest BCUT2D eigenvalue weighted by Gasteiger charge is 2.10. The molecule has 3 aromatic rings. The van der Waals surface area contributed by atoms with Crippen LogP contribution < -0.4 is 9.47 Å². The number of carbonyl (C=O) groups is 2. The SMILES string of the molecule is Cc1ccc(OC(=O)COc2ccc(C(=O)c3ccccc3)cc2)cc1. The minimum absolute atomic E-state index is 0.0593. The lowest BCUT2D eigenvalue weighted by atomic mass is 10.0. The van der Waals surface area contributed by atoms with Crippen LogP contribution in [0.3, 0.4) is 0 Å². The van der Waals surface area contributed by atoms with Crippen molar-refractivity contribution in [3.63, 3.8) is 0 Å². The number of ketones is 1. The average Bonchev–Trinajstić information content (AvgIpc) is 2.69. The number of esters is 1. The van der Waals surface area contributed by atoms with Gasteiger partial charge in [-0.05, 0) is 43.3 Å². The van der Waals surface area contributed by atoms with E-state index in [1.165, 1.54) is 0 Å². The molecule has 3 rings (SSSR count). The normalized spacial score (nSPS) is 10.2. The Bertz CT molecular complexity index is 882. The monoisotopic (exact) mass is 346 g/mol. The predicted octanol–water partition coefficient (Wildman–Crippen LogP) is 4.21. The third kappa shape index (κ3) is 4.57. The molecule has 0 N–H and O–H groups in total. The van der Waals surface area contributed by atoms with E-state index in [1.807, 2.05) is 37.3 Å². The van der Waals surface area contributed by atoms with Crippen LogP contribution in [-0.2, 0) is 4.79 Å². The van der Waals surface area contributed by atoms with E-state index in [9.17, 15) is 9.59 Å². The maximum absolute atomic E-state index is 12.3. The van der Waals surface area contributed by atoms with Crippen LogP contribution in [0.25, 0.3) is 0 Å². The Morgan fingerprint density at radius 2 is 1.31 bits per heavy atom. The number of benzene rings is 3. The Kier molecular flexibility index (Phi) is 5.44. The fourth-order valence-corrected chi connectivity index (χ4v) is 2.37. The van der Waals surface area contributed by atoms with Gasteiger partial charge in [0.05, 0.1) is 0 Å². The van der Waals surface area contributed by atoms with Gasteiger partial charge in [-0.2, -0.15) is 0 Å². The van der Waals surface area contributed by atoms with Gasteiger partial charge in [-0.1, -0.05) is 48.0 Å². The minimum Gasteiger partial charge on any atom is -0.482 e. The standard InChI is InChI=1S/C22H18O4/c1-16-7-11-20(12-8-16)26-21(23)15-25-19-13-9-18(10-14-19)22(24)17-5-3-2-4-6-17/h2-14H,15H2,1H3. The summed E-state index contributed by atoms with van der Waals surface area (Å²) in [6.07, 6.45) is 0. The van der Waals surface area contributed by atoms with Gasteiger partial charge in [-0.25, -0.2) is 4.79 Å². The average molecular weight is 346 g/mol. The molecule has 0 radical (unpaired) electrons. The highest BCUT2D eigenvalue weighted by atomic mass is 16.6. The summed E-state index contributed by atoms with van der Waals surface area (Å²) in [5, 5.41) is 0. The van der Waals surface area contributed by atoms with E-state index in [-0.39, 0.29) is 12.4 Å². The Balaban J connectivity index is 1.55. The molecule has 0 spiro atoms. The van der Waals surface area contributed by atoms with Crippen molar-refractivity contribution in [1.29, 1.82) is 0 Å². The summed E-state index contributed by atoms with van der Waals surface area (Å²) in [7, 11) is 0. The number of carbonyl (C=O) groups excluding carboxylic acids is 2. The van der Waals surface area contributed by atoms with Crippen molar-refractivity contribution in [2.75, 3.05) is 6.61 Å². The third-order valence-electron chi connectivity index (χ3n) is 3.76. The summed E-state index contributed by atoms with van der Waals surface area (Å²) >= 11 is 0. The third-order valence-corrected chi connectivity index (χ3v) is 3.76. The second-order valence-electron chi connectivity index (χ2n) is 5.80. The molecule has 3 aromatic carbocycles. The van der Waals surface area contributed by atoms with Crippen molar-refractivity contribution in [3.8, 4) is 11.5 Å². The number of rotatable bonds is 6. The van der Waals surface area contributed by atoms with E-state index in [0.29, 0.717) is 22.6 Å². The zero-order valence-corrected chi connectivity index (χ0v) is 14.3. The molecule has 0 bridgehead atoms. The van der Waals surface area contributed by atoms with Crippen molar-refractivity contribution in [2.24, 2.45) is 0 Å². The quantitative estimate of drug-likeness (QED) is 0.381. The molecule has 0 unspecified atom stereocenters. The first-order chi connectivity index (χ1) is 12.6. The van der Waals surface area contributed by atoms with Gasteiger partial charge >= 0.3 is 5.97 Å². The Morgan fingerprint density at radius 3 is 1.96 bits per heavy atom. The number of ether oxygens (including phenoxy) is 2. The zero-order valence-electron chi connectivity index (χ0n) is 14.3. The molecule has 26 heavy (non-hydrogen) atoms. The summed E-state index contributed by atoms with van der Waals surface area (Å²) in [5.74, 6) is 0.428. The highest BCUT2D eigenvalue weighted by Crippen LogP contribution is 2.16. The number of hydrogen-bond acceptors (Lipinski definition) is 4. The van der Waals surface area contributed by atoms with Crippen molar-refractivity contribution in [1.82, 2.24) is 0 Å². The van der Waals surface area contributed by atoms with Crippen LogP contribution in [0.15, 0.2) is 78.9 Å². The maximum atomic E-state index is 12.3. The smallest absolute Gasteiger partial charge is 0.349 e. The van der Waals surface area contributed by atoms with Gasteiger partial charge in [-0.15, -0.1) is 0 Å². The Morgan fingerprint density at radius 1 is 0.731 bits per heavy atom. The maximum Gasteiger partial charge on any atom is 0.349 e. The zero-order chi connectivity index (χ0) is 18.4. The van der Waals surface area contributed by atoms with Crippen LogP contribution in [0.4, 0.5) is 0 Å². The molecule has 4 nitrogen and oxygen atoms in total. The largest absolute Gasteiger partial charge is 0.482 e. The van der Waals surface area contributed by atoms with E-state index >= 15 is 0 Å². The number of hydrogen-bond donors (Lipinski definition) is 0. The van der Waals surface area contributed by atoms with Crippen molar-refractivity contribution in [3.05, 3.63) is 95.6 Å².